The summed E-state index contributed by atoms with van der Waals surface area (Å²) in [4.78, 5) is 42.7. The van der Waals surface area contributed by atoms with Crippen LogP contribution < -0.4 is 10.6 Å². The van der Waals surface area contributed by atoms with Gasteiger partial charge in [0.05, 0.1) is 12.8 Å². The Bertz CT molecular complexity index is 732. The molecule has 0 aromatic carbocycles. The summed E-state index contributed by atoms with van der Waals surface area (Å²) in [6.07, 6.45) is 4.52. The normalized spacial score (nSPS) is 18.9. The van der Waals surface area contributed by atoms with E-state index >= 15 is 0 Å². The number of carbonyl (C=O) groups excluding carboxylic acids is 3. The highest BCUT2D eigenvalue weighted by Crippen LogP contribution is 2.14. The molecule has 28 heavy (non-hydrogen) atoms. The summed E-state index contributed by atoms with van der Waals surface area (Å²) in [5.41, 5.74) is 0.534. The van der Waals surface area contributed by atoms with E-state index in [4.69, 9.17) is 4.74 Å². The maximum Gasteiger partial charge on any atom is 0.269 e. The maximum atomic E-state index is 12.4. The summed E-state index contributed by atoms with van der Waals surface area (Å²) in [6, 6.07) is -0.576. The van der Waals surface area contributed by atoms with Crippen molar-refractivity contribution >= 4 is 17.7 Å². The predicted molar refractivity (Wildman–Crippen MR) is 101 cm³/mol. The minimum atomic E-state index is -0.467. The van der Waals surface area contributed by atoms with Gasteiger partial charge >= 0.3 is 0 Å². The molecule has 2 N–H and O–H groups in total. The molecule has 0 saturated carbocycles. The number of carbonyl (C=O) groups is 3. The van der Waals surface area contributed by atoms with Crippen LogP contribution in [0.2, 0.25) is 0 Å². The molecule has 0 aliphatic carbocycles. The number of hydrogen-bond acceptors (Lipinski definition) is 5. The number of nitrogens with zero attached hydrogens (tertiary/aromatic N) is 3. The van der Waals surface area contributed by atoms with Crippen LogP contribution in [0.5, 0.6) is 0 Å². The molecular formula is C19H29N5O4. The van der Waals surface area contributed by atoms with E-state index in [0.29, 0.717) is 51.4 Å². The van der Waals surface area contributed by atoms with E-state index in [1.807, 2.05) is 11.5 Å². The second-order valence-corrected chi connectivity index (χ2v) is 7.44. The Morgan fingerprint density at radius 2 is 2.11 bits per heavy atom. The fourth-order valence-electron chi connectivity index (χ4n) is 3.59. The zero-order valence-electron chi connectivity index (χ0n) is 16.6. The molecule has 2 atom stereocenters. The van der Waals surface area contributed by atoms with Crippen molar-refractivity contribution in [2.24, 2.45) is 0 Å². The first kappa shape index (κ1) is 20.3. The molecule has 0 spiro atoms. The second-order valence-electron chi connectivity index (χ2n) is 7.44. The fourth-order valence-corrected chi connectivity index (χ4v) is 3.59. The van der Waals surface area contributed by atoms with Crippen molar-refractivity contribution in [3.05, 3.63) is 17.7 Å². The predicted octanol–water partition coefficient (Wildman–Crippen LogP) is 0.439. The summed E-state index contributed by atoms with van der Waals surface area (Å²) in [6.45, 7) is 6.36. The van der Waals surface area contributed by atoms with E-state index in [9.17, 15) is 14.4 Å². The van der Waals surface area contributed by atoms with Gasteiger partial charge in [0.1, 0.15) is 24.2 Å². The minimum absolute atomic E-state index is 0.0448. The second kappa shape index (κ2) is 9.18. The molecule has 154 valence electrons. The van der Waals surface area contributed by atoms with E-state index in [2.05, 4.69) is 15.6 Å². The Hall–Kier alpha value is -2.42. The smallest absolute Gasteiger partial charge is 0.269 e. The standard InChI is InChI=1S/C19H29N5O4/c1-13(22-18(26)14(2)23-8-4-3-5-17(23)25)6-7-20-19(27)15-11-21-16-12-28-10-9-24(15)16/h11,13-14H,3-10,12H2,1-2H3,(H,20,27)(H,22,26)/t13-,14?/m0/s1. The first-order valence-electron chi connectivity index (χ1n) is 9.97. The summed E-state index contributed by atoms with van der Waals surface area (Å²) in [5.74, 6) is 0.479. The number of fused-ring (bicyclic) bond motifs is 1. The van der Waals surface area contributed by atoms with Crippen LogP contribution in [-0.2, 0) is 27.5 Å². The molecule has 0 radical (unpaired) electrons. The van der Waals surface area contributed by atoms with Crippen LogP contribution in [0.1, 0.15) is 55.8 Å². The van der Waals surface area contributed by atoms with Crippen LogP contribution in [0.15, 0.2) is 6.20 Å². The van der Waals surface area contributed by atoms with Gasteiger partial charge in [-0.05, 0) is 33.1 Å². The van der Waals surface area contributed by atoms with Crippen LogP contribution in [0.3, 0.4) is 0 Å². The quantitative estimate of drug-likeness (QED) is 0.702. The summed E-state index contributed by atoms with van der Waals surface area (Å²) in [5, 5.41) is 5.82. The van der Waals surface area contributed by atoms with Crippen molar-refractivity contribution in [3.8, 4) is 0 Å². The number of likely N-dealkylation sites (tertiary alicyclic amines) is 1. The number of aromatic nitrogens is 2. The van der Waals surface area contributed by atoms with Crippen molar-refractivity contribution < 1.29 is 19.1 Å². The zero-order valence-corrected chi connectivity index (χ0v) is 16.6. The Labute approximate surface area is 164 Å². The molecule has 1 aromatic rings. The van der Waals surface area contributed by atoms with Crippen LogP contribution in [0.4, 0.5) is 0 Å². The molecule has 0 bridgehead atoms. The van der Waals surface area contributed by atoms with Gasteiger partial charge in [0, 0.05) is 32.1 Å². The third kappa shape index (κ3) is 4.70. The van der Waals surface area contributed by atoms with E-state index in [0.717, 1.165) is 18.7 Å². The zero-order chi connectivity index (χ0) is 20.1. The Balaban J connectivity index is 1.42. The number of nitrogens with one attached hydrogen (secondary N) is 2. The molecule has 2 aliphatic rings. The SMILES string of the molecule is CC(C(=O)N[C@@H](C)CCNC(=O)c1cnc2n1CCOC2)N1CCCCC1=O. The van der Waals surface area contributed by atoms with E-state index < -0.39 is 6.04 Å². The lowest BCUT2D eigenvalue weighted by Gasteiger charge is -2.32. The number of rotatable bonds is 7. The summed E-state index contributed by atoms with van der Waals surface area (Å²) >= 11 is 0. The van der Waals surface area contributed by atoms with E-state index in [1.165, 1.54) is 0 Å². The first-order chi connectivity index (χ1) is 13.5. The van der Waals surface area contributed by atoms with Gasteiger partial charge in [-0.1, -0.05) is 0 Å². The highest BCUT2D eigenvalue weighted by Gasteiger charge is 2.28. The molecular weight excluding hydrogens is 362 g/mol. The lowest BCUT2D eigenvalue weighted by molar-refractivity contribution is -0.142. The third-order valence-corrected chi connectivity index (χ3v) is 5.32. The highest BCUT2D eigenvalue weighted by molar-refractivity contribution is 5.92. The molecule has 9 nitrogen and oxygen atoms in total. The lowest BCUT2D eigenvalue weighted by Crippen LogP contribution is -2.51. The number of ether oxygens (including phenoxy) is 1. The average Bonchev–Trinajstić information content (AvgIpc) is 3.12. The van der Waals surface area contributed by atoms with Crippen molar-refractivity contribution in [2.45, 2.75) is 64.8 Å². The van der Waals surface area contributed by atoms with E-state index in [1.54, 1.807) is 18.0 Å². The average molecular weight is 391 g/mol. The summed E-state index contributed by atoms with van der Waals surface area (Å²) < 4.78 is 7.20. The lowest BCUT2D eigenvalue weighted by atomic mass is 10.1. The highest BCUT2D eigenvalue weighted by atomic mass is 16.5. The number of piperidine rings is 1. The molecule has 3 amide bonds. The van der Waals surface area contributed by atoms with Gasteiger partial charge in [-0.15, -0.1) is 0 Å². The van der Waals surface area contributed by atoms with Crippen LogP contribution >= 0.6 is 0 Å². The monoisotopic (exact) mass is 391 g/mol. The summed E-state index contributed by atoms with van der Waals surface area (Å²) in [7, 11) is 0. The van der Waals surface area contributed by atoms with Crippen molar-refractivity contribution in [1.82, 2.24) is 25.1 Å². The van der Waals surface area contributed by atoms with Crippen molar-refractivity contribution in [3.63, 3.8) is 0 Å². The van der Waals surface area contributed by atoms with Gasteiger partial charge in [0.2, 0.25) is 11.8 Å². The van der Waals surface area contributed by atoms with Crippen molar-refractivity contribution in [1.29, 1.82) is 0 Å². The first-order valence-corrected chi connectivity index (χ1v) is 9.97. The van der Waals surface area contributed by atoms with Gasteiger partial charge in [0.25, 0.3) is 5.91 Å². The topological polar surface area (TPSA) is 106 Å². The van der Waals surface area contributed by atoms with Gasteiger partial charge < -0.3 is 24.8 Å². The third-order valence-electron chi connectivity index (χ3n) is 5.32. The molecule has 1 unspecified atom stereocenters. The van der Waals surface area contributed by atoms with E-state index in [-0.39, 0.29) is 23.8 Å². The molecule has 9 heteroatoms. The van der Waals surface area contributed by atoms with Crippen molar-refractivity contribution in [2.75, 3.05) is 19.7 Å². The molecule has 1 aromatic heterocycles. The Kier molecular flexibility index (Phi) is 6.66. The van der Waals surface area contributed by atoms with Crippen LogP contribution in [-0.4, -0.2) is 64.0 Å². The van der Waals surface area contributed by atoms with Gasteiger partial charge in [-0.3, -0.25) is 14.4 Å². The number of amides is 3. The molecule has 3 rings (SSSR count). The fraction of sp³-hybridized carbons (Fsp3) is 0.684. The van der Waals surface area contributed by atoms with Gasteiger partial charge in [-0.2, -0.15) is 0 Å². The van der Waals surface area contributed by atoms with Gasteiger partial charge in [0.15, 0.2) is 0 Å². The molecule has 2 aliphatic heterocycles. The number of hydrogen-bond donors (Lipinski definition) is 2. The van der Waals surface area contributed by atoms with Crippen LogP contribution in [0.25, 0.3) is 0 Å². The molecule has 3 heterocycles. The largest absolute Gasteiger partial charge is 0.372 e. The molecule has 1 saturated heterocycles. The Morgan fingerprint density at radius 1 is 1.29 bits per heavy atom. The number of imidazole rings is 1. The minimum Gasteiger partial charge on any atom is -0.372 e. The molecule has 1 fully saturated rings. The van der Waals surface area contributed by atoms with Gasteiger partial charge in [-0.25, -0.2) is 4.98 Å². The Morgan fingerprint density at radius 3 is 2.89 bits per heavy atom. The van der Waals surface area contributed by atoms with Crippen LogP contribution in [0, 0.1) is 0 Å². The maximum absolute atomic E-state index is 12.4.